The largest absolute Gasteiger partial charge is 0.494 e. The predicted molar refractivity (Wildman–Crippen MR) is 144 cm³/mol. The molecular weight excluding hydrogens is 490 g/mol. The van der Waals surface area contributed by atoms with Crippen molar-refractivity contribution in [3.63, 3.8) is 0 Å². The highest BCUT2D eigenvalue weighted by atomic mass is 32.1. The van der Waals surface area contributed by atoms with Crippen LogP contribution in [-0.4, -0.2) is 34.7 Å². The topological polar surface area (TPSA) is 141 Å². The molecule has 0 spiro atoms. The summed E-state index contributed by atoms with van der Waals surface area (Å²) in [6, 6.07) is 15.0. The number of benzene rings is 2. The second kappa shape index (κ2) is 11.9. The molecule has 0 aliphatic heterocycles. The monoisotopic (exact) mass is 521 g/mol. The Morgan fingerprint density at radius 1 is 1.08 bits per heavy atom. The number of nitrogens with one attached hydrogen (secondary N) is 1. The molecule has 0 bridgehead atoms. The van der Waals surface area contributed by atoms with Crippen LogP contribution in [0, 0.1) is 0 Å². The lowest BCUT2D eigenvalue weighted by molar-refractivity contribution is -0.123. The smallest absolute Gasteiger partial charge is 0.273 e. The molecular formula is C27H31N5O4S. The fraction of sp³-hybridized carbons (Fsp3) is 0.333. The highest BCUT2D eigenvalue weighted by molar-refractivity contribution is 7.09. The number of anilines is 2. The molecule has 0 radical (unpaired) electrons. The number of primary amides is 1. The number of carbonyl (C=O) groups is 3. The summed E-state index contributed by atoms with van der Waals surface area (Å²) in [5.41, 5.74) is 12.3. The summed E-state index contributed by atoms with van der Waals surface area (Å²) in [5, 5.41) is 3.17. The van der Waals surface area contributed by atoms with E-state index in [9.17, 15) is 14.4 Å². The third-order valence-corrected chi connectivity index (χ3v) is 7.22. The molecule has 5 N–H and O–H groups in total. The fourth-order valence-corrected chi connectivity index (χ4v) is 5.31. The van der Waals surface area contributed by atoms with Crippen molar-refractivity contribution in [3.8, 4) is 5.75 Å². The molecule has 3 amide bonds. The molecule has 2 aromatic carbocycles. The van der Waals surface area contributed by atoms with Crippen molar-refractivity contribution >= 4 is 40.6 Å². The number of hydrogen-bond acceptors (Lipinski definition) is 7. The van der Waals surface area contributed by atoms with Crippen LogP contribution in [0.4, 0.5) is 11.4 Å². The molecule has 1 aromatic heterocycles. The normalized spacial score (nSPS) is 14.5. The summed E-state index contributed by atoms with van der Waals surface area (Å²) < 4.78 is 9.57. The molecule has 0 unspecified atom stereocenters. The molecule has 0 saturated heterocycles. The van der Waals surface area contributed by atoms with E-state index in [4.69, 9.17) is 16.2 Å². The van der Waals surface area contributed by atoms with E-state index in [0.717, 1.165) is 43.6 Å². The van der Waals surface area contributed by atoms with Crippen LogP contribution in [0.1, 0.15) is 70.8 Å². The van der Waals surface area contributed by atoms with Crippen LogP contribution >= 0.6 is 11.5 Å². The summed E-state index contributed by atoms with van der Waals surface area (Å²) in [4.78, 5) is 41.2. The van der Waals surface area contributed by atoms with Crippen LogP contribution in [0.5, 0.6) is 5.75 Å². The number of nitrogens with zero attached hydrogens (tertiary/aromatic N) is 2. The molecule has 1 aliphatic carbocycles. The third kappa shape index (κ3) is 5.91. The zero-order chi connectivity index (χ0) is 26.4. The molecule has 9 nitrogen and oxygen atoms in total. The van der Waals surface area contributed by atoms with Gasteiger partial charge in [0, 0.05) is 11.7 Å². The standard InChI is InChI=1S/C27H31N5O4S/c1-2-36-20-15-13-17(14-16-20)23(26(34)30-18-9-5-3-6-10-18)32(19-11-7-4-8-12-19)27(35)24-21(28)22(25(29)33)31-37-24/h4,7-8,11-16,18,23H,2-3,5-6,9-10,28H2,1H3,(H2,29,33)(H,30,34)/t23-/m1/s1. The minimum atomic E-state index is -1.01. The summed E-state index contributed by atoms with van der Waals surface area (Å²) >= 11 is 0.786. The van der Waals surface area contributed by atoms with Gasteiger partial charge in [0.2, 0.25) is 5.91 Å². The third-order valence-electron chi connectivity index (χ3n) is 6.37. The number of rotatable bonds is 9. The van der Waals surface area contributed by atoms with Crippen LogP contribution < -0.4 is 26.4 Å². The molecule has 37 heavy (non-hydrogen) atoms. The van der Waals surface area contributed by atoms with Crippen LogP contribution in [-0.2, 0) is 4.79 Å². The van der Waals surface area contributed by atoms with Crippen LogP contribution in [0.15, 0.2) is 54.6 Å². The van der Waals surface area contributed by atoms with Crippen molar-refractivity contribution < 1.29 is 19.1 Å². The van der Waals surface area contributed by atoms with Gasteiger partial charge in [-0.1, -0.05) is 49.6 Å². The van der Waals surface area contributed by atoms with Crippen molar-refractivity contribution in [2.45, 2.75) is 51.1 Å². The number of aromatic nitrogens is 1. The number of nitrogen functional groups attached to an aromatic ring is 1. The zero-order valence-corrected chi connectivity index (χ0v) is 21.5. The Bertz CT molecular complexity index is 1240. The van der Waals surface area contributed by atoms with Crippen molar-refractivity contribution in [1.29, 1.82) is 0 Å². The molecule has 1 heterocycles. The Hall–Kier alpha value is -3.92. The number of nitrogens with two attached hydrogens (primary N) is 2. The quantitative estimate of drug-likeness (QED) is 0.388. The van der Waals surface area contributed by atoms with Crippen LogP contribution in [0.3, 0.4) is 0 Å². The molecule has 10 heteroatoms. The molecule has 1 fully saturated rings. The predicted octanol–water partition coefficient (Wildman–Crippen LogP) is 4.06. The van der Waals surface area contributed by atoms with Gasteiger partial charge in [-0.2, -0.15) is 4.37 Å². The maximum absolute atomic E-state index is 14.0. The van der Waals surface area contributed by atoms with Gasteiger partial charge in [-0.05, 0) is 61.1 Å². The molecule has 1 saturated carbocycles. The SMILES string of the molecule is CCOc1ccc([C@H](C(=O)NC2CCCCC2)N(C(=O)c2snc(C(N)=O)c2N)c2ccccc2)cc1. The molecule has 4 rings (SSSR count). The lowest BCUT2D eigenvalue weighted by atomic mass is 9.94. The molecule has 1 atom stereocenters. The molecule has 3 aromatic rings. The van der Waals surface area contributed by atoms with Crippen molar-refractivity contribution in [2.75, 3.05) is 17.2 Å². The lowest BCUT2D eigenvalue weighted by Crippen LogP contribution is -2.47. The minimum absolute atomic E-state index is 0.0362. The van der Waals surface area contributed by atoms with Gasteiger partial charge >= 0.3 is 0 Å². The first kappa shape index (κ1) is 26.2. The minimum Gasteiger partial charge on any atom is -0.494 e. The van der Waals surface area contributed by atoms with Gasteiger partial charge in [0.15, 0.2) is 5.69 Å². The number of ether oxygens (including phenoxy) is 1. The van der Waals surface area contributed by atoms with Crippen molar-refractivity contribution in [1.82, 2.24) is 9.69 Å². The Morgan fingerprint density at radius 2 is 1.76 bits per heavy atom. The van der Waals surface area contributed by atoms with Gasteiger partial charge in [-0.25, -0.2) is 0 Å². The highest BCUT2D eigenvalue weighted by Gasteiger charge is 2.36. The fourth-order valence-electron chi connectivity index (χ4n) is 4.57. The first-order valence-electron chi connectivity index (χ1n) is 12.4. The first-order chi connectivity index (χ1) is 17.9. The average molecular weight is 522 g/mol. The van der Waals surface area contributed by atoms with E-state index in [1.54, 1.807) is 48.5 Å². The van der Waals surface area contributed by atoms with Gasteiger partial charge < -0.3 is 21.5 Å². The van der Waals surface area contributed by atoms with E-state index >= 15 is 0 Å². The van der Waals surface area contributed by atoms with Gasteiger partial charge in [0.1, 0.15) is 16.7 Å². The summed E-state index contributed by atoms with van der Waals surface area (Å²) in [6.07, 6.45) is 5.03. The van der Waals surface area contributed by atoms with Gasteiger partial charge in [-0.3, -0.25) is 19.3 Å². The summed E-state index contributed by atoms with van der Waals surface area (Å²) in [5.74, 6) is -1.01. The zero-order valence-electron chi connectivity index (χ0n) is 20.7. The first-order valence-corrected chi connectivity index (χ1v) is 13.1. The number of para-hydroxylation sites is 1. The van der Waals surface area contributed by atoms with E-state index in [0.29, 0.717) is 23.6 Å². The van der Waals surface area contributed by atoms with Gasteiger partial charge in [0.25, 0.3) is 11.8 Å². The van der Waals surface area contributed by atoms with E-state index in [1.165, 1.54) is 4.90 Å². The lowest BCUT2D eigenvalue weighted by Gasteiger charge is -2.33. The van der Waals surface area contributed by atoms with Crippen LogP contribution in [0.2, 0.25) is 0 Å². The van der Waals surface area contributed by atoms with E-state index in [1.807, 2.05) is 13.0 Å². The Morgan fingerprint density at radius 3 is 2.35 bits per heavy atom. The van der Waals surface area contributed by atoms with E-state index in [2.05, 4.69) is 9.69 Å². The Labute approximate surface area is 220 Å². The second-order valence-corrected chi connectivity index (χ2v) is 9.67. The number of carbonyl (C=O) groups excluding carboxylic acids is 3. The Balaban J connectivity index is 1.80. The summed E-state index contributed by atoms with van der Waals surface area (Å²) in [6.45, 7) is 2.40. The van der Waals surface area contributed by atoms with Crippen LogP contribution in [0.25, 0.3) is 0 Å². The van der Waals surface area contributed by atoms with Gasteiger partial charge in [-0.15, -0.1) is 0 Å². The Kier molecular flexibility index (Phi) is 8.39. The average Bonchev–Trinajstić information content (AvgIpc) is 3.30. The van der Waals surface area contributed by atoms with Gasteiger partial charge in [0.05, 0.1) is 12.3 Å². The highest BCUT2D eigenvalue weighted by Crippen LogP contribution is 2.34. The maximum atomic E-state index is 14.0. The number of hydrogen-bond donors (Lipinski definition) is 3. The summed E-state index contributed by atoms with van der Waals surface area (Å²) in [7, 11) is 0. The van der Waals surface area contributed by atoms with E-state index < -0.39 is 17.9 Å². The molecule has 1 aliphatic rings. The molecule has 194 valence electrons. The van der Waals surface area contributed by atoms with E-state index in [-0.39, 0.29) is 28.2 Å². The maximum Gasteiger partial charge on any atom is 0.273 e. The van der Waals surface area contributed by atoms with Crippen molar-refractivity contribution in [3.05, 3.63) is 70.7 Å². The van der Waals surface area contributed by atoms with Crippen molar-refractivity contribution in [2.24, 2.45) is 5.73 Å². The number of amides is 3. The second-order valence-electron chi connectivity index (χ2n) is 8.90.